The molecule has 9 heteroatoms. The Morgan fingerprint density at radius 2 is 1.44 bits per heavy atom. The molecule has 3 heterocycles. The van der Waals surface area contributed by atoms with E-state index in [0.717, 1.165) is 24.2 Å². The normalized spacial score (nSPS) is 16.2. The van der Waals surface area contributed by atoms with Crippen LogP contribution in [0, 0.1) is 0 Å². The zero-order valence-electron chi connectivity index (χ0n) is 19.5. The molecule has 0 saturated carbocycles. The van der Waals surface area contributed by atoms with Crippen LogP contribution in [-0.2, 0) is 29.5 Å². The van der Waals surface area contributed by atoms with Crippen molar-refractivity contribution in [1.29, 1.82) is 0 Å². The van der Waals surface area contributed by atoms with E-state index >= 15 is 0 Å². The fourth-order valence-corrected chi connectivity index (χ4v) is 5.37. The van der Waals surface area contributed by atoms with Gasteiger partial charge in [0, 0.05) is 31.5 Å². The van der Waals surface area contributed by atoms with Crippen LogP contribution in [0.25, 0.3) is 0 Å². The fraction of sp³-hybridized carbons (Fsp3) is 0.360. The van der Waals surface area contributed by atoms with Gasteiger partial charge in [-0.15, -0.1) is 5.10 Å². The maximum absolute atomic E-state index is 13.1. The van der Waals surface area contributed by atoms with Gasteiger partial charge in [-0.1, -0.05) is 53.3 Å². The molecule has 2 amide bonds. The first-order valence-electron chi connectivity index (χ1n) is 11.5. The largest absolute Gasteiger partial charge is 0.450 e. The summed E-state index contributed by atoms with van der Waals surface area (Å²) < 4.78 is 7.58. The van der Waals surface area contributed by atoms with Crippen LogP contribution in [0.4, 0.5) is 11.4 Å². The molecule has 34 heavy (non-hydrogen) atoms. The molecule has 0 spiro atoms. The minimum Gasteiger partial charge on any atom is -0.450 e. The first kappa shape index (κ1) is 22.5. The molecule has 8 nitrogen and oxygen atoms in total. The number of benzene rings is 2. The van der Waals surface area contributed by atoms with Crippen molar-refractivity contribution in [2.75, 3.05) is 22.9 Å². The molecule has 0 bridgehead atoms. The predicted molar refractivity (Wildman–Crippen MR) is 131 cm³/mol. The number of para-hydroxylation sites is 2. The third kappa shape index (κ3) is 4.04. The van der Waals surface area contributed by atoms with Gasteiger partial charge in [-0.2, -0.15) is 0 Å². The molecule has 2 aromatic carbocycles. The average molecular weight is 478 g/mol. The zero-order chi connectivity index (χ0) is 23.8. The summed E-state index contributed by atoms with van der Waals surface area (Å²) in [6, 6.07) is 16.2. The summed E-state index contributed by atoms with van der Waals surface area (Å²) in [6.07, 6.45) is 0.994. The molecule has 2 aliphatic rings. The van der Waals surface area contributed by atoms with Crippen molar-refractivity contribution in [1.82, 2.24) is 14.8 Å². The molecule has 0 unspecified atom stereocenters. The van der Waals surface area contributed by atoms with Gasteiger partial charge >= 0.3 is 6.01 Å². The molecule has 5 rings (SSSR count). The molecule has 2 aliphatic heterocycles. The van der Waals surface area contributed by atoms with Crippen molar-refractivity contribution < 1.29 is 14.3 Å². The molecule has 0 radical (unpaired) electrons. The van der Waals surface area contributed by atoms with Gasteiger partial charge in [0.1, 0.15) is 0 Å². The highest BCUT2D eigenvalue weighted by Crippen LogP contribution is 2.32. The molecule has 0 saturated heterocycles. The highest BCUT2D eigenvalue weighted by Gasteiger charge is 2.31. The molecule has 176 valence electrons. The molecule has 0 N–H and O–H groups in total. The Kier molecular flexibility index (Phi) is 6.03. The topological polar surface area (TPSA) is 80.6 Å². The van der Waals surface area contributed by atoms with Gasteiger partial charge in [-0.25, -0.2) is 0 Å². The maximum Gasteiger partial charge on any atom is 0.318 e. The quantitative estimate of drug-likeness (QED) is 0.507. The van der Waals surface area contributed by atoms with Crippen LogP contribution >= 0.6 is 11.8 Å². The monoisotopic (exact) mass is 477 g/mol. The predicted octanol–water partition coefficient (Wildman–Crippen LogP) is 3.24. The van der Waals surface area contributed by atoms with E-state index in [1.54, 1.807) is 23.4 Å². The van der Waals surface area contributed by atoms with Gasteiger partial charge in [-0.3, -0.25) is 14.2 Å². The minimum absolute atomic E-state index is 0.0386. The van der Waals surface area contributed by atoms with Crippen LogP contribution < -0.4 is 14.5 Å². The van der Waals surface area contributed by atoms with Crippen LogP contribution in [0.5, 0.6) is 6.01 Å². The van der Waals surface area contributed by atoms with Gasteiger partial charge in [-0.05, 0) is 49.9 Å². The molecular formula is C25H27N5O3S. The Labute approximate surface area is 202 Å². The van der Waals surface area contributed by atoms with E-state index in [1.165, 1.54) is 22.9 Å². The van der Waals surface area contributed by atoms with E-state index < -0.39 is 6.10 Å². The third-order valence-corrected chi connectivity index (χ3v) is 7.48. The Morgan fingerprint density at radius 1 is 0.882 bits per heavy atom. The van der Waals surface area contributed by atoms with Crippen molar-refractivity contribution in [3.63, 3.8) is 0 Å². The Hall–Kier alpha value is -3.33. The van der Waals surface area contributed by atoms with E-state index in [1.807, 2.05) is 54.3 Å². The van der Waals surface area contributed by atoms with Crippen molar-refractivity contribution >= 4 is 35.0 Å². The van der Waals surface area contributed by atoms with E-state index in [9.17, 15) is 9.59 Å². The molecular weight excluding hydrogens is 450 g/mol. The van der Waals surface area contributed by atoms with Gasteiger partial charge in [0.15, 0.2) is 11.3 Å². The van der Waals surface area contributed by atoms with Crippen LogP contribution in [0.15, 0.2) is 53.7 Å². The number of anilines is 2. The Bertz CT molecular complexity index is 1150. The average Bonchev–Trinajstić information content (AvgIpc) is 3.56. The van der Waals surface area contributed by atoms with Gasteiger partial charge in [0.2, 0.25) is 5.91 Å². The highest BCUT2D eigenvalue weighted by atomic mass is 32.2. The van der Waals surface area contributed by atoms with Crippen LogP contribution in [0.2, 0.25) is 0 Å². The lowest BCUT2D eigenvalue weighted by molar-refractivity contribution is -0.124. The number of fused-ring (bicyclic) bond motifs is 2. The number of nitrogens with zero attached hydrogens (tertiary/aromatic N) is 5. The highest BCUT2D eigenvalue weighted by molar-refractivity contribution is 8.00. The summed E-state index contributed by atoms with van der Waals surface area (Å²) in [6.45, 7) is 4.93. The first-order chi connectivity index (χ1) is 16.4. The second-order valence-electron chi connectivity index (χ2n) is 8.58. The van der Waals surface area contributed by atoms with E-state index in [4.69, 9.17) is 4.74 Å². The summed E-state index contributed by atoms with van der Waals surface area (Å²) in [5, 5.41) is 8.56. The number of carbonyl (C=O) groups excluding carboxylic acids is 2. The van der Waals surface area contributed by atoms with Crippen LogP contribution in [0.3, 0.4) is 0 Å². The van der Waals surface area contributed by atoms with Gasteiger partial charge in [0.25, 0.3) is 5.91 Å². The summed E-state index contributed by atoms with van der Waals surface area (Å²) in [5.41, 5.74) is 4.28. The Morgan fingerprint density at radius 3 is 2.06 bits per heavy atom. The number of carbonyl (C=O) groups is 2. The summed E-state index contributed by atoms with van der Waals surface area (Å²) in [7, 11) is 1.78. The first-order valence-corrected chi connectivity index (χ1v) is 12.3. The van der Waals surface area contributed by atoms with Crippen molar-refractivity contribution in [2.45, 2.75) is 43.2 Å². The van der Waals surface area contributed by atoms with Crippen molar-refractivity contribution in [2.24, 2.45) is 7.05 Å². The van der Waals surface area contributed by atoms with Crippen molar-refractivity contribution in [3.05, 3.63) is 59.7 Å². The number of hydrogen-bond acceptors (Lipinski definition) is 6. The molecule has 1 aromatic heterocycles. The number of ether oxygens (including phenoxy) is 1. The van der Waals surface area contributed by atoms with Crippen LogP contribution in [-0.4, -0.2) is 51.0 Å². The number of hydrogen-bond donors (Lipinski definition) is 0. The SMILES string of the molecule is C[C@@H](Oc1nnc(S[C@H](C)C(=O)N2CCc3ccccc32)n1C)C(=O)N1CCc2ccccc21. The lowest BCUT2D eigenvalue weighted by Crippen LogP contribution is -2.40. The number of thioether (sulfide) groups is 1. The molecule has 3 aromatic rings. The maximum atomic E-state index is 13.1. The Balaban J connectivity index is 1.23. The van der Waals surface area contributed by atoms with Gasteiger partial charge in [0.05, 0.1) is 5.25 Å². The molecule has 0 fully saturated rings. The van der Waals surface area contributed by atoms with Gasteiger partial charge < -0.3 is 14.5 Å². The van der Waals surface area contributed by atoms with E-state index in [-0.39, 0.29) is 23.1 Å². The number of amides is 2. The second-order valence-corrected chi connectivity index (χ2v) is 9.89. The number of aromatic nitrogens is 3. The lowest BCUT2D eigenvalue weighted by atomic mass is 10.2. The molecule has 0 aliphatic carbocycles. The standard InChI is InChI=1S/C25H27N5O3S/c1-16(22(31)29-14-12-18-8-4-6-10-20(18)29)33-24-26-27-25(28(24)3)34-17(2)23(32)30-15-13-19-9-5-7-11-21(19)30/h4-11,16-17H,12-15H2,1-3H3/t16-,17-/m1/s1. The number of rotatable bonds is 6. The summed E-state index contributed by atoms with van der Waals surface area (Å²) in [5.74, 6) is -0.0740. The fourth-order valence-electron chi connectivity index (χ4n) is 4.50. The lowest BCUT2D eigenvalue weighted by Gasteiger charge is -2.22. The second kappa shape index (κ2) is 9.13. The third-order valence-electron chi connectivity index (χ3n) is 6.36. The minimum atomic E-state index is -0.716. The van der Waals surface area contributed by atoms with E-state index in [0.29, 0.717) is 18.2 Å². The van der Waals surface area contributed by atoms with E-state index in [2.05, 4.69) is 16.3 Å². The van der Waals surface area contributed by atoms with Crippen LogP contribution in [0.1, 0.15) is 25.0 Å². The van der Waals surface area contributed by atoms with Crippen molar-refractivity contribution in [3.8, 4) is 6.01 Å². The smallest absolute Gasteiger partial charge is 0.318 e. The summed E-state index contributed by atoms with van der Waals surface area (Å²) in [4.78, 5) is 29.8. The zero-order valence-corrected chi connectivity index (χ0v) is 20.3. The summed E-state index contributed by atoms with van der Waals surface area (Å²) >= 11 is 1.33. The molecule has 2 atom stereocenters.